The maximum absolute atomic E-state index is 13.6. The minimum Gasteiger partial charge on any atom is -0.369 e. The average Bonchev–Trinajstić information content (AvgIpc) is 3.37. The lowest BCUT2D eigenvalue weighted by atomic mass is 9.98. The number of fused-ring (bicyclic) bond motifs is 1. The molecule has 0 radical (unpaired) electrons. The number of nitrogens with zero attached hydrogens (tertiary/aromatic N) is 6. The van der Waals surface area contributed by atoms with Crippen LogP contribution < -0.4 is 10.5 Å². The van der Waals surface area contributed by atoms with Crippen LogP contribution in [0.4, 0.5) is 5.69 Å². The molecule has 0 amide bonds. The van der Waals surface area contributed by atoms with Crippen molar-refractivity contribution < 1.29 is 0 Å². The van der Waals surface area contributed by atoms with Gasteiger partial charge in [0.1, 0.15) is 6.04 Å². The van der Waals surface area contributed by atoms with E-state index in [1.807, 2.05) is 22.9 Å². The SMILES string of the molecule is CCC(C)(C)n1nnnc1[C@@H](c1cc2cc(C)c(C)cc2[nH]c1=O)N1CCN(c2ccccc2)CC1. The summed E-state index contributed by atoms with van der Waals surface area (Å²) in [6.45, 7) is 13.9. The van der Waals surface area contributed by atoms with Crippen molar-refractivity contribution in [3.8, 4) is 0 Å². The molecule has 4 aromatic rings. The van der Waals surface area contributed by atoms with Gasteiger partial charge in [-0.1, -0.05) is 25.1 Å². The van der Waals surface area contributed by atoms with Crippen LogP contribution in [0.15, 0.2) is 53.3 Å². The number of H-pyrrole nitrogens is 1. The number of aromatic amines is 1. The van der Waals surface area contributed by atoms with E-state index in [-0.39, 0.29) is 17.1 Å². The van der Waals surface area contributed by atoms with E-state index in [4.69, 9.17) is 0 Å². The Morgan fingerprint density at radius 2 is 1.69 bits per heavy atom. The van der Waals surface area contributed by atoms with E-state index in [0.717, 1.165) is 49.1 Å². The Labute approximate surface area is 211 Å². The molecule has 5 rings (SSSR count). The van der Waals surface area contributed by atoms with Gasteiger partial charge >= 0.3 is 0 Å². The molecule has 1 saturated heterocycles. The minimum atomic E-state index is -0.349. The van der Waals surface area contributed by atoms with Crippen molar-refractivity contribution in [3.63, 3.8) is 0 Å². The van der Waals surface area contributed by atoms with Crippen molar-refractivity contribution in [1.29, 1.82) is 0 Å². The molecular formula is C28H35N7O. The predicted molar refractivity (Wildman–Crippen MR) is 144 cm³/mol. The van der Waals surface area contributed by atoms with Gasteiger partial charge in [0.25, 0.3) is 5.56 Å². The molecule has 3 heterocycles. The zero-order chi connectivity index (χ0) is 25.4. The van der Waals surface area contributed by atoms with Gasteiger partial charge in [-0.05, 0) is 91.4 Å². The highest BCUT2D eigenvalue weighted by Crippen LogP contribution is 2.32. The molecule has 1 atom stereocenters. The number of aromatic nitrogens is 5. The fourth-order valence-electron chi connectivity index (χ4n) is 5.02. The largest absolute Gasteiger partial charge is 0.369 e. The summed E-state index contributed by atoms with van der Waals surface area (Å²) in [5.74, 6) is 0.712. The van der Waals surface area contributed by atoms with Gasteiger partial charge in [0.15, 0.2) is 5.82 Å². The number of aryl methyl sites for hydroxylation is 2. The molecule has 8 heteroatoms. The maximum atomic E-state index is 13.6. The number of piperazine rings is 1. The van der Waals surface area contributed by atoms with E-state index in [0.29, 0.717) is 11.4 Å². The van der Waals surface area contributed by atoms with Crippen molar-refractivity contribution >= 4 is 16.6 Å². The summed E-state index contributed by atoms with van der Waals surface area (Å²) in [4.78, 5) is 21.4. The minimum absolute atomic E-state index is 0.0925. The standard InChI is InChI=1S/C28H35N7O/c1-6-28(4,5)35-26(30-31-32-35)25(34-14-12-33(13-15-34)22-10-8-7-9-11-22)23-18-21-16-19(2)20(3)17-24(21)29-27(23)36/h7-11,16-18,25H,6,12-15H2,1-5H3,(H,29,36)/t25-/m1/s1. The van der Waals surface area contributed by atoms with Crippen molar-refractivity contribution in [2.45, 2.75) is 52.6 Å². The lowest BCUT2D eigenvalue weighted by Gasteiger charge is -2.40. The van der Waals surface area contributed by atoms with Gasteiger partial charge in [-0.25, -0.2) is 4.68 Å². The zero-order valence-electron chi connectivity index (χ0n) is 21.8. The number of nitrogens with one attached hydrogen (secondary N) is 1. The summed E-state index contributed by atoms with van der Waals surface area (Å²) in [6.07, 6.45) is 0.867. The van der Waals surface area contributed by atoms with Crippen LogP contribution >= 0.6 is 0 Å². The van der Waals surface area contributed by atoms with E-state index in [1.54, 1.807) is 0 Å². The van der Waals surface area contributed by atoms with Gasteiger partial charge in [-0.15, -0.1) is 5.10 Å². The molecule has 1 aliphatic rings. The zero-order valence-corrected chi connectivity index (χ0v) is 21.8. The normalized spacial score (nSPS) is 16.0. The lowest BCUT2D eigenvalue weighted by Crippen LogP contribution is -2.49. The van der Waals surface area contributed by atoms with E-state index < -0.39 is 0 Å². The third-order valence-corrected chi connectivity index (χ3v) is 7.76. The molecule has 188 valence electrons. The van der Waals surface area contributed by atoms with Crippen molar-refractivity contribution in [2.24, 2.45) is 0 Å². The Morgan fingerprint density at radius 3 is 2.39 bits per heavy atom. The van der Waals surface area contributed by atoms with Crippen molar-refractivity contribution in [2.75, 3.05) is 31.1 Å². The van der Waals surface area contributed by atoms with Crippen LogP contribution in [0.25, 0.3) is 10.9 Å². The number of anilines is 1. The summed E-state index contributed by atoms with van der Waals surface area (Å²) in [5.41, 5.74) is 4.75. The monoisotopic (exact) mass is 485 g/mol. The van der Waals surface area contributed by atoms with Crippen LogP contribution in [-0.4, -0.2) is 56.3 Å². The van der Waals surface area contributed by atoms with E-state index in [2.05, 4.69) is 95.3 Å². The number of hydrogen-bond acceptors (Lipinski definition) is 6. The molecule has 0 unspecified atom stereocenters. The molecule has 2 aromatic heterocycles. The highest BCUT2D eigenvalue weighted by molar-refractivity contribution is 5.81. The summed E-state index contributed by atoms with van der Waals surface area (Å²) in [7, 11) is 0. The average molecular weight is 486 g/mol. The van der Waals surface area contributed by atoms with Gasteiger partial charge in [0.2, 0.25) is 0 Å². The fourth-order valence-corrected chi connectivity index (χ4v) is 5.02. The molecule has 2 aromatic carbocycles. The molecule has 8 nitrogen and oxygen atoms in total. The number of pyridine rings is 1. The van der Waals surface area contributed by atoms with Gasteiger partial charge in [0.05, 0.1) is 5.54 Å². The topological polar surface area (TPSA) is 82.9 Å². The third kappa shape index (κ3) is 4.41. The van der Waals surface area contributed by atoms with Crippen molar-refractivity contribution in [1.82, 2.24) is 30.1 Å². The molecule has 1 N–H and O–H groups in total. The maximum Gasteiger partial charge on any atom is 0.253 e. The lowest BCUT2D eigenvalue weighted by molar-refractivity contribution is 0.186. The molecule has 1 fully saturated rings. The van der Waals surface area contributed by atoms with Gasteiger partial charge in [0, 0.05) is 42.9 Å². The summed E-state index contributed by atoms with van der Waals surface area (Å²) in [6, 6.07) is 16.4. The molecule has 0 bridgehead atoms. The summed E-state index contributed by atoms with van der Waals surface area (Å²) < 4.78 is 1.91. The Balaban J connectivity index is 1.59. The van der Waals surface area contributed by atoms with Crippen molar-refractivity contribution in [3.05, 3.63) is 81.4 Å². The number of tetrazole rings is 1. The Hall–Kier alpha value is -3.52. The highest BCUT2D eigenvalue weighted by atomic mass is 16.1. The second kappa shape index (κ2) is 9.50. The van der Waals surface area contributed by atoms with E-state index in [9.17, 15) is 4.79 Å². The first-order chi connectivity index (χ1) is 17.3. The number of hydrogen-bond donors (Lipinski definition) is 1. The Kier molecular flexibility index (Phi) is 6.38. The predicted octanol–water partition coefficient (Wildman–Crippen LogP) is 4.19. The first kappa shape index (κ1) is 24.2. The summed E-state index contributed by atoms with van der Waals surface area (Å²) >= 11 is 0. The number of benzene rings is 2. The number of para-hydroxylation sites is 1. The van der Waals surface area contributed by atoms with Crippen LogP contribution in [0.2, 0.25) is 0 Å². The molecule has 1 aliphatic heterocycles. The molecule has 36 heavy (non-hydrogen) atoms. The smallest absolute Gasteiger partial charge is 0.253 e. The van der Waals surface area contributed by atoms with Gasteiger partial charge in [-0.3, -0.25) is 9.69 Å². The third-order valence-electron chi connectivity index (χ3n) is 7.76. The van der Waals surface area contributed by atoms with Gasteiger partial charge in [-0.2, -0.15) is 0 Å². The molecular weight excluding hydrogens is 450 g/mol. The van der Waals surface area contributed by atoms with Crippen LogP contribution in [-0.2, 0) is 5.54 Å². The van der Waals surface area contributed by atoms with Crippen LogP contribution in [0.5, 0.6) is 0 Å². The Bertz CT molecular complexity index is 1420. The molecule has 0 aliphatic carbocycles. The van der Waals surface area contributed by atoms with Gasteiger partial charge < -0.3 is 9.88 Å². The summed E-state index contributed by atoms with van der Waals surface area (Å²) in [5, 5.41) is 14.0. The first-order valence-corrected chi connectivity index (χ1v) is 12.8. The van der Waals surface area contributed by atoms with Crippen LogP contribution in [0.1, 0.15) is 55.7 Å². The van der Waals surface area contributed by atoms with Crippen LogP contribution in [0.3, 0.4) is 0 Å². The second-order valence-corrected chi connectivity index (χ2v) is 10.5. The molecule has 0 saturated carbocycles. The van der Waals surface area contributed by atoms with E-state index in [1.165, 1.54) is 11.3 Å². The van der Waals surface area contributed by atoms with Crippen LogP contribution in [0, 0.1) is 13.8 Å². The quantitative estimate of drug-likeness (QED) is 0.441. The number of rotatable bonds is 6. The fraction of sp³-hybridized carbons (Fsp3) is 0.429. The molecule has 0 spiro atoms. The van der Waals surface area contributed by atoms with E-state index >= 15 is 0 Å². The second-order valence-electron chi connectivity index (χ2n) is 10.5. The first-order valence-electron chi connectivity index (χ1n) is 12.8. The Morgan fingerprint density at radius 1 is 1.00 bits per heavy atom. The highest BCUT2D eigenvalue weighted by Gasteiger charge is 2.35.